The molecule has 3 heteroatoms. The molecule has 0 spiro atoms. The van der Waals surface area contributed by atoms with Crippen molar-refractivity contribution in [3.8, 4) is 0 Å². The third-order valence-electron chi connectivity index (χ3n) is 4.38. The van der Waals surface area contributed by atoms with E-state index in [0.717, 1.165) is 38.5 Å². The Morgan fingerprint density at radius 1 is 1.39 bits per heavy atom. The fourth-order valence-electron chi connectivity index (χ4n) is 2.91. The summed E-state index contributed by atoms with van der Waals surface area (Å²) in [6.45, 7) is 2.65. The average molecular weight is 251 g/mol. The Balaban J connectivity index is 1.70. The van der Waals surface area contributed by atoms with Crippen LogP contribution < -0.4 is 5.32 Å². The van der Waals surface area contributed by atoms with Gasteiger partial charge in [-0.15, -0.1) is 0 Å². The van der Waals surface area contributed by atoms with Gasteiger partial charge in [0.15, 0.2) is 0 Å². The molecule has 2 rings (SSSR count). The Hall–Kier alpha value is -0.830. The summed E-state index contributed by atoms with van der Waals surface area (Å²) in [7, 11) is 0. The highest BCUT2D eigenvalue weighted by molar-refractivity contribution is 5.76. The molecule has 0 bridgehead atoms. The summed E-state index contributed by atoms with van der Waals surface area (Å²) in [5.74, 6) is 1.20. The van der Waals surface area contributed by atoms with Gasteiger partial charge < -0.3 is 10.4 Å². The topological polar surface area (TPSA) is 49.3 Å². The van der Waals surface area contributed by atoms with Crippen molar-refractivity contribution in [3.05, 3.63) is 12.2 Å². The van der Waals surface area contributed by atoms with Crippen LogP contribution in [-0.2, 0) is 4.79 Å². The van der Waals surface area contributed by atoms with Crippen LogP contribution in [-0.4, -0.2) is 23.2 Å². The van der Waals surface area contributed by atoms with Gasteiger partial charge in [-0.1, -0.05) is 19.1 Å². The Kier molecular flexibility index (Phi) is 4.44. The molecule has 2 N–H and O–H groups in total. The second kappa shape index (κ2) is 5.87. The predicted molar refractivity (Wildman–Crippen MR) is 72.1 cm³/mol. The highest BCUT2D eigenvalue weighted by atomic mass is 16.3. The van der Waals surface area contributed by atoms with Gasteiger partial charge in [-0.05, 0) is 50.4 Å². The van der Waals surface area contributed by atoms with Crippen LogP contribution in [0.1, 0.15) is 51.9 Å². The van der Waals surface area contributed by atoms with E-state index in [1.165, 1.54) is 0 Å². The standard InChI is InChI=1S/C15H25NO2/c1-12-6-8-15(18,9-7-12)11-16-14(17)10-13-4-2-3-5-13/h2,4,12-13,18H,3,5-11H2,1H3,(H,16,17). The van der Waals surface area contributed by atoms with E-state index in [-0.39, 0.29) is 5.91 Å². The van der Waals surface area contributed by atoms with Gasteiger partial charge in [-0.25, -0.2) is 0 Å². The predicted octanol–water partition coefficient (Wildman–Crippen LogP) is 2.40. The molecule has 0 heterocycles. The Bertz CT molecular complexity index is 316. The molecule has 1 amide bonds. The van der Waals surface area contributed by atoms with Crippen molar-refractivity contribution in [2.75, 3.05) is 6.54 Å². The lowest BCUT2D eigenvalue weighted by Crippen LogP contribution is -2.45. The second-order valence-corrected chi connectivity index (χ2v) is 6.15. The molecule has 1 fully saturated rings. The van der Waals surface area contributed by atoms with Crippen LogP contribution in [0.5, 0.6) is 0 Å². The Labute approximate surface area is 110 Å². The molecule has 2 aliphatic rings. The maximum Gasteiger partial charge on any atom is 0.220 e. The molecule has 0 aliphatic heterocycles. The molecular formula is C15H25NO2. The van der Waals surface area contributed by atoms with Crippen molar-refractivity contribution in [2.45, 2.75) is 57.5 Å². The first-order chi connectivity index (χ1) is 8.57. The van der Waals surface area contributed by atoms with Gasteiger partial charge in [-0.2, -0.15) is 0 Å². The van der Waals surface area contributed by atoms with Crippen LogP contribution in [0.4, 0.5) is 0 Å². The monoisotopic (exact) mass is 251 g/mol. The first kappa shape index (κ1) is 13.6. The first-order valence-electron chi connectivity index (χ1n) is 7.23. The zero-order chi connectivity index (χ0) is 13.0. The van der Waals surface area contributed by atoms with Crippen molar-refractivity contribution in [1.29, 1.82) is 0 Å². The molecule has 0 radical (unpaired) electrons. The van der Waals surface area contributed by atoms with Crippen LogP contribution in [0.3, 0.4) is 0 Å². The third-order valence-corrected chi connectivity index (χ3v) is 4.38. The summed E-state index contributed by atoms with van der Waals surface area (Å²) < 4.78 is 0. The number of allylic oxidation sites excluding steroid dienone is 2. The van der Waals surface area contributed by atoms with Gasteiger partial charge in [-0.3, -0.25) is 4.79 Å². The van der Waals surface area contributed by atoms with Crippen LogP contribution in [0.2, 0.25) is 0 Å². The number of hydrogen-bond acceptors (Lipinski definition) is 2. The fraction of sp³-hybridized carbons (Fsp3) is 0.800. The number of nitrogens with one attached hydrogen (secondary N) is 1. The van der Waals surface area contributed by atoms with Gasteiger partial charge in [0.05, 0.1) is 5.60 Å². The molecule has 3 nitrogen and oxygen atoms in total. The van der Waals surface area contributed by atoms with Crippen molar-refractivity contribution in [1.82, 2.24) is 5.32 Å². The van der Waals surface area contributed by atoms with Crippen LogP contribution in [0.25, 0.3) is 0 Å². The normalized spacial score (nSPS) is 35.7. The largest absolute Gasteiger partial charge is 0.388 e. The molecule has 2 aliphatic carbocycles. The van der Waals surface area contributed by atoms with Crippen molar-refractivity contribution in [3.63, 3.8) is 0 Å². The van der Waals surface area contributed by atoms with E-state index in [0.29, 0.717) is 24.8 Å². The molecule has 0 aromatic heterocycles. The number of carbonyl (C=O) groups excluding carboxylic acids is 1. The summed E-state index contributed by atoms with van der Waals surface area (Å²) in [5.41, 5.74) is -0.659. The first-order valence-corrected chi connectivity index (χ1v) is 7.23. The average Bonchev–Trinajstić information content (AvgIpc) is 2.84. The Morgan fingerprint density at radius 3 is 2.72 bits per heavy atom. The molecule has 1 saturated carbocycles. The van der Waals surface area contributed by atoms with E-state index < -0.39 is 5.60 Å². The number of aliphatic hydroxyl groups is 1. The number of rotatable bonds is 4. The second-order valence-electron chi connectivity index (χ2n) is 6.15. The lowest BCUT2D eigenvalue weighted by molar-refractivity contribution is -0.123. The maximum atomic E-state index is 11.8. The molecule has 0 saturated heterocycles. The highest BCUT2D eigenvalue weighted by Gasteiger charge is 2.32. The van der Waals surface area contributed by atoms with E-state index in [2.05, 4.69) is 24.4 Å². The minimum absolute atomic E-state index is 0.0820. The quantitative estimate of drug-likeness (QED) is 0.754. The SMILES string of the molecule is CC1CCC(O)(CNC(=O)CC2C=CCC2)CC1. The molecule has 18 heavy (non-hydrogen) atoms. The van der Waals surface area contributed by atoms with E-state index in [9.17, 15) is 9.90 Å². The zero-order valence-electron chi connectivity index (χ0n) is 11.3. The Morgan fingerprint density at radius 2 is 2.11 bits per heavy atom. The van der Waals surface area contributed by atoms with Gasteiger partial charge in [0, 0.05) is 13.0 Å². The van der Waals surface area contributed by atoms with Gasteiger partial charge >= 0.3 is 0 Å². The van der Waals surface area contributed by atoms with E-state index in [4.69, 9.17) is 0 Å². The number of hydrogen-bond donors (Lipinski definition) is 2. The smallest absolute Gasteiger partial charge is 0.220 e. The summed E-state index contributed by atoms with van der Waals surface area (Å²) >= 11 is 0. The van der Waals surface area contributed by atoms with E-state index in [1.54, 1.807) is 0 Å². The van der Waals surface area contributed by atoms with Crippen molar-refractivity contribution >= 4 is 5.91 Å². The van der Waals surface area contributed by atoms with E-state index >= 15 is 0 Å². The summed E-state index contributed by atoms with van der Waals surface area (Å²) in [5, 5.41) is 13.3. The molecule has 1 atom stereocenters. The lowest BCUT2D eigenvalue weighted by Gasteiger charge is -2.35. The third kappa shape index (κ3) is 3.84. The minimum Gasteiger partial charge on any atom is -0.388 e. The molecule has 0 aromatic rings. The molecular weight excluding hydrogens is 226 g/mol. The zero-order valence-corrected chi connectivity index (χ0v) is 11.3. The van der Waals surface area contributed by atoms with Gasteiger partial charge in [0.25, 0.3) is 0 Å². The van der Waals surface area contributed by atoms with Crippen LogP contribution in [0.15, 0.2) is 12.2 Å². The summed E-state index contributed by atoms with van der Waals surface area (Å²) in [6.07, 6.45) is 10.8. The molecule has 0 aromatic carbocycles. The van der Waals surface area contributed by atoms with E-state index in [1.807, 2.05) is 0 Å². The number of carbonyl (C=O) groups is 1. The van der Waals surface area contributed by atoms with Crippen molar-refractivity contribution < 1.29 is 9.90 Å². The van der Waals surface area contributed by atoms with Crippen LogP contribution >= 0.6 is 0 Å². The van der Waals surface area contributed by atoms with Gasteiger partial charge in [0.1, 0.15) is 0 Å². The maximum absolute atomic E-state index is 11.8. The summed E-state index contributed by atoms with van der Waals surface area (Å²) in [4.78, 5) is 11.8. The molecule has 102 valence electrons. The fourth-order valence-corrected chi connectivity index (χ4v) is 2.91. The van der Waals surface area contributed by atoms with Crippen LogP contribution in [0, 0.1) is 11.8 Å². The number of amides is 1. The minimum atomic E-state index is -0.659. The van der Waals surface area contributed by atoms with Crippen molar-refractivity contribution in [2.24, 2.45) is 11.8 Å². The van der Waals surface area contributed by atoms with Gasteiger partial charge in [0.2, 0.25) is 5.91 Å². The lowest BCUT2D eigenvalue weighted by atomic mass is 9.79. The summed E-state index contributed by atoms with van der Waals surface area (Å²) in [6, 6.07) is 0. The molecule has 1 unspecified atom stereocenters. The highest BCUT2D eigenvalue weighted by Crippen LogP contribution is 2.31.